The first-order chi connectivity index (χ1) is 8.43. The molecule has 0 fully saturated rings. The maximum atomic E-state index is 12.3. The summed E-state index contributed by atoms with van der Waals surface area (Å²) in [6.45, 7) is 6.02. The summed E-state index contributed by atoms with van der Waals surface area (Å²) in [6, 6.07) is 5.51. The second-order valence-electron chi connectivity index (χ2n) is 4.74. The van der Waals surface area contributed by atoms with Gasteiger partial charge in [0.2, 0.25) is 0 Å². The molecular formula is C14H19BrClNO. The van der Waals surface area contributed by atoms with Crippen molar-refractivity contribution in [1.82, 2.24) is 5.32 Å². The SMILES string of the molecule is CCC(C)(CCBr)NC(=O)c1cccc(C)c1Cl. The quantitative estimate of drug-likeness (QED) is 0.799. The average Bonchev–Trinajstić information content (AvgIpc) is 2.32. The number of nitrogens with one attached hydrogen (secondary N) is 1. The van der Waals surface area contributed by atoms with Crippen molar-refractivity contribution in [2.45, 2.75) is 39.2 Å². The van der Waals surface area contributed by atoms with Crippen molar-refractivity contribution >= 4 is 33.4 Å². The van der Waals surface area contributed by atoms with Gasteiger partial charge in [-0.25, -0.2) is 0 Å². The molecule has 1 aromatic carbocycles. The number of alkyl halides is 1. The van der Waals surface area contributed by atoms with E-state index >= 15 is 0 Å². The maximum absolute atomic E-state index is 12.3. The zero-order valence-corrected chi connectivity index (χ0v) is 13.4. The van der Waals surface area contributed by atoms with Gasteiger partial charge in [-0.3, -0.25) is 4.79 Å². The van der Waals surface area contributed by atoms with Crippen LogP contribution in [0.1, 0.15) is 42.6 Å². The van der Waals surface area contributed by atoms with Gasteiger partial charge < -0.3 is 5.32 Å². The minimum atomic E-state index is -0.201. The highest BCUT2D eigenvalue weighted by atomic mass is 79.9. The summed E-state index contributed by atoms with van der Waals surface area (Å²) in [5, 5.41) is 4.47. The second-order valence-corrected chi connectivity index (χ2v) is 5.91. The lowest BCUT2D eigenvalue weighted by Crippen LogP contribution is -2.45. The fourth-order valence-corrected chi connectivity index (χ4v) is 2.79. The molecule has 0 heterocycles. The number of carbonyl (C=O) groups excluding carboxylic acids is 1. The molecule has 2 nitrogen and oxygen atoms in total. The van der Waals surface area contributed by atoms with Gasteiger partial charge in [0.1, 0.15) is 0 Å². The molecule has 100 valence electrons. The molecule has 0 spiro atoms. The zero-order chi connectivity index (χ0) is 13.8. The fourth-order valence-electron chi connectivity index (χ4n) is 1.70. The number of rotatable bonds is 5. The molecule has 18 heavy (non-hydrogen) atoms. The summed E-state index contributed by atoms with van der Waals surface area (Å²) >= 11 is 9.59. The third kappa shape index (κ3) is 3.72. The van der Waals surface area contributed by atoms with Crippen LogP contribution in [0.25, 0.3) is 0 Å². The van der Waals surface area contributed by atoms with Crippen LogP contribution in [0, 0.1) is 6.92 Å². The Kier molecular flexibility index (Phi) is 5.67. The Morgan fingerprint density at radius 2 is 2.17 bits per heavy atom. The minimum absolute atomic E-state index is 0.103. The van der Waals surface area contributed by atoms with Crippen molar-refractivity contribution in [1.29, 1.82) is 0 Å². The van der Waals surface area contributed by atoms with Crippen LogP contribution in [-0.2, 0) is 0 Å². The van der Waals surface area contributed by atoms with Crippen LogP contribution in [-0.4, -0.2) is 16.8 Å². The van der Waals surface area contributed by atoms with Crippen molar-refractivity contribution in [3.05, 3.63) is 34.3 Å². The third-order valence-electron chi connectivity index (χ3n) is 3.28. The van der Waals surface area contributed by atoms with Crippen LogP contribution in [0.5, 0.6) is 0 Å². The standard InChI is InChI=1S/C14H19BrClNO/c1-4-14(3,8-9-15)17-13(18)11-7-5-6-10(2)12(11)16/h5-7H,4,8-9H2,1-3H3,(H,17,18). The lowest BCUT2D eigenvalue weighted by atomic mass is 9.95. The lowest BCUT2D eigenvalue weighted by Gasteiger charge is -2.29. The maximum Gasteiger partial charge on any atom is 0.253 e. The third-order valence-corrected chi connectivity index (χ3v) is 4.18. The van der Waals surface area contributed by atoms with Gasteiger partial charge in [0.05, 0.1) is 10.6 Å². The average molecular weight is 333 g/mol. The molecule has 1 aromatic rings. The molecule has 0 saturated heterocycles. The van der Waals surface area contributed by atoms with Gasteiger partial charge in [0, 0.05) is 10.9 Å². The summed E-state index contributed by atoms with van der Waals surface area (Å²) in [6.07, 6.45) is 1.77. The van der Waals surface area contributed by atoms with E-state index < -0.39 is 0 Å². The van der Waals surface area contributed by atoms with E-state index in [0.29, 0.717) is 10.6 Å². The van der Waals surface area contributed by atoms with Crippen LogP contribution in [0.3, 0.4) is 0 Å². The van der Waals surface area contributed by atoms with E-state index in [1.807, 2.05) is 19.1 Å². The van der Waals surface area contributed by atoms with Crippen LogP contribution < -0.4 is 5.32 Å². The molecule has 0 saturated carbocycles. The number of halogens is 2. The van der Waals surface area contributed by atoms with E-state index in [0.717, 1.165) is 23.7 Å². The summed E-state index contributed by atoms with van der Waals surface area (Å²) in [5.41, 5.74) is 1.27. The lowest BCUT2D eigenvalue weighted by molar-refractivity contribution is 0.0902. The first-order valence-electron chi connectivity index (χ1n) is 6.07. The predicted molar refractivity (Wildman–Crippen MR) is 80.8 cm³/mol. The molecule has 0 aliphatic heterocycles. The summed E-state index contributed by atoms with van der Waals surface area (Å²) in [4.78, 5) is 12.3. The summed E-state index contributed by atoms with van der Waals surface area (Å²) in [7, 11) is 0. The Labute approximate surface area is 122 Å². The van der Waals surface area contributed by atoms with Gasteiger partial charge in [-0.2, -0.15) is 0 Å². The summed E-state index contributed by atoms with van der Waals surface area (Å²) < 4.78 is 0. The van der Waals surface area contributed by atoms with Gasteiger partial charge >= 0.3 is 0 Å². The van der Waals surface area contributed by atoms with E-state index in [-0.39, 0.29) is 11.4 Å². The molecule has 1 rings (SSSR count). The Balaban J connectivity index is 2.91. The smallest absolute Gasteiger partial charge is 0.253 e. The molecule has 1 unspecified atom stereocenters. The highest BCUT2D eigenvalue weighted by Gasteiger charge is 2.25. The first kappa shape index (κ1) is 15.5. The largest absolute Gasteiger partial charge is 0.347 e. The molecule has 0 aliphatic rings. The molecule has 0 radical (unpaired) electrons. The van der Waals surface area contributed by atoms with Crippen molar-refractivity contribution in [3.8, 4) is 0 Å². The Morgan fingerprint density at radius 1 is 1.50 bits per heavy atom. The van der Waals surface area contributed by atoms with Crippen LogP contribution in [0.15, 0.2) is 18.2 Å². The Hall–Kier alpha value is -0.540. The van der Waals surface area contributed by atoms with E-state index in [4.69, 9.17) is 11.6 Å². The van der Waals surface area contributed by atoms with Crippen molar-refractivity contribution in [2.75, 3.05) is 5.33 Å². The highest BCUT2D eigenvalue weighted by Crippen LogP contribution is 2.22. The highest BCUT2D eigenvalue weighted by molar-refractivity contribution is 9.09. The van der Waals surface area contributed by atoms with E-state index in [9.17, 15) is 4.79 Å². The second kappa shape index (κ2) is 6.58. The number of carbonyl (C=O) groups is 1. The van der Waals surface area contributed by atoms with Crippen molar-refractivity contribution < 1.29 is 4.79 Å². The fraction of sp³-hybridized carbons (Fsp3) is 0.500. The molecule has 0 aliphatic carbocycles. The van der Waals surface area contributed by atoms with Gasteiger partial charge in [-0.15, -0.1) is 0 Å². The number of amides is 1. The molecule has 0 bridgehead atoms. The number of hydrogen-bond acceptors (Lipinski definition) is 1. The normalized spacial score (nSPS) is 14.1. The minimum Gasteiger partial charge on any atom is -0.347 e. The van der Waals surface area contributed by atoms with Crippen LogP contribution in [0.2, 0.25) is 5.02 Å². The van der Waals surface area contributed by atoms with Gasteiger partial charge in [-0.1, -0.05) is 46.6 Å². The zero-order valence-electron chi connectivity index (χ0n) is 11.0. The van der Waals surface area contributed by atoms with Crippen LogP contribution >= 0.6 is 27.5 Å². The van der Waals surface area contributed by atoms with Gasteiger partial charge in [0.15, 0.2) is 0 Å². The molecule has 1 amide bonds. The Morgan fingerprint density at radius 3 is 2.72 bits per heavy atom. The topological polar surface area (TPSA) is 29.1 Å². The van der Waals surface area contributed by atoms with Crippen molar-refractivity contribution in [2.24, 2.45) is 0 Å². The molecular weight excluding hydrogens is 314 g/mol. The van der Waals surface area contributed by atoms with E-state index in [2.05, 4.69) is 35.1 Å². The predicted octanol–water partition coefficient (Wildman–Crippen LogP) is 4.33. The Bertz CT molecular complexity index is 436. The number of benzene rings is 1. The number of aryl methyl sites for hydroxylation is 1. The molecule has 4 heteroatoms. The monoisotopic (exact) mass is 331 g/mol. The molecule has 1 N–H and O–H groups in total. The van der Waals surface area contributed by atoms with Gasteiger partial charge in [-0.05, 0) is 38.3 Å². The van der Waals surface area contributed by atoms with E-state index in [1.54, 1.807) is 6.07 Å². The number of hydrogen-bond donors (Lipinski definition) is 1. The van der Waals surface area contributed by atoms with Crippen LogP contribution in [0.4, 0.5) is 0 Å². The van der Waals surface area contributed by atoms with Gasteiger partial charge in [0.25, 0.3) is 5.91 Å². The first-order valence-corrected chi connectivity index (χ1v) is 7.57. The molecule has 1 atom stereocenters. The van der Waals surface area contributed by atoms with Crippen molar-refractivity contribution in [3.63, 3.8) is 0 Å². The molecule has 0 aromatic heterocycles. The van der Waals surface area contributed by atoms with E-state index in [1.165, 1.54) is 0 Å². The summed E-state index contributed by atoms with van der Waals surface area (Å²) in [5.74, 6) is -0.103.